The predicted octanol–water partition coefficient (Wildman–Crippen LogP) is -1.60. The molecule has 0 aromatic heterocycles. The molecule has 0 amide bonds. The minimum absolute atomic E-state index is 0.0182. The van der Waals surface area contributed by atoms with Gasteiger partial charge in [-0.3, -0.25) is 9.59 Å². The van der Waals surface area contributed by atoms with Gasteiger partial charge in [0.1, 0.15) is 96.2 Å². The minimum Gasteiger partial charge on any atom is -0.505 e. The normalized spacial score (nSPS) is 49.3. The first-order chi connectivity index (χ1) is 42.4. The first-order valence-corrected chi connectivity index (χ1v) is 30.5. The standard InChI is InChI=1S/C56H78Cl2O32/c1-17(2)48(69)82-44-42-27(87-56(88-42)47-46(73-16-74-47)54(71,15-60)23(8)86-56)14-72-52(44)84-50-37(67)36(66)41(26(13-59)78-50)83-51-38(68)43(33(63)19(4)77-51)80-29-12-53(9)45(22(7)76-29)89-55(90-53)11-25(62)40(21(6)85-55)79-28-10-24(61)39(20(5)75-28)81-49(70)30-18(3)31(57)35(65)32(58)34(30)64/h15,17,19-29,33,36-47,50-52,59,61-68,71H,10-14,16H2,1-9H3/t19-,20-,21-,22-,23-,24-,25-,26-,27+,28+,29+,33+,36-,37+,38-,39-,40-,41-,42-,43+,44-,45-,46-,47-,50+,51+,52-,53-,54+,55?,56-/m1/s1. The fourth-order valence-electron chi connectivity index (χ4n) is 13.4. The number of phenols is 2. The highest BCUT2D eigenvalue weighted by molar-refractivity contribution is 6.39. The zero-order chi connectivity index (χ0) is 65.2. The molecule has 10 saturated heterocycles. The number of rotatable bonds is 14. The smallest absolute Gasteiger partial charge is 0.342 e. The zero-order valence-corrected chi connectivity index (χ0v) is 51.7. The number of aldehydes is 1. The second-order valence-electron chi connectivity index (χ2n) is 25.0. The minimum atomic E-state index is -2.16. The summed E-state index contributed by atoms with van der Waals surface area (Å²) in [6, 6.07) is 0. The Hall–Kier alpha value is -2.99. The molecule has 31 atom stereocenters. The number of aromatic hydroxyl groups is 2. The van der Waals surface area contributed by atoms with Gasteiger partial charge in [-0.1, -0.05) is 37.0 Å². The Morgan fingerprint density at radius 2 is 1.34 bits per heavy atom. The van der Waals surface area contributed by atoms with Crippen molar-refractivity contribution < 1.29 is 155 Å². The molecule has 0 aliphatic carbocycles. The van der Waals surface area contributed by atoms with Crippen molar-refractivity contribution in [1.29, 1.82) is 0 Å². The maximum Gasteiger partial charge on any atom is 0.342 e. The van der Waals surface area contributed by atoms with Crippen LogP contribution in [0.1, 0.15) is 90.6 Å². The highest BCUT2D eigenvalue weighted by atomic mass is 35.5. The van der Waals surface area contributed by atoms with Gasteiger partial charge in [0.25, 0.3) is 5.97 Å². The average molecular weight is 1330 g/mol. The molecule has 2 spiro atoms. The molecular formula is C56H78Cl2O32. The lowest BCUT2D eigenvalue weighted by molar-refractivity contribution is -0.428. The molecule has 90 heavy (non-hydrogen) atoms. The first kappa shape index (κ1) is 68.4. The van der Waals surface area contributed by atoms with E-state index in [1.807, 2.05) is 0 Å². The predicted molar refractivity (Wildman–Crippen MR) is 289 cm³/mol. The van der Waals surface area contributed by atoms with Gasteiger partial charge in [-0.15, -0.1) is 0 Å². The van der Waals surface area contributed by atoms with Gasteiger partial charge in [0, 0.05) is 12.8 Å². The molecule has 0 saturated carbocycles. The number of carbonyl (C=O) groups is 3. The summed E-state index contributed by atoms with van der Waals surface area (Å²) in [6.07, 6.45) is -37.4. The largest absolute Gasteiger partial charge is 0.505 e. The third-order valence-electron chi connectivity index (χ3n) is 18.2. The summed E-state index contributed by atoms with van der Waals surface area (Å²) < 4.78 is 115. The summed E-state index contributed by atoms with van der Waals surface area (Å²) in [6.45, 7) is 12.3. The van der Waals surface area contributed by atoms with E-state index in [-0.39, 0.29) is 49.5 Å². The van der Waals surface area contributed by atoms with Crippen LogP contribution in [0.3, 0.4) is 0 Å². The van der Waals surface area contributed by atoms with E-state index in [0.717, 1.165) is 0 Å². The molecular weight excluding hydrogens is 1260 g/mol. The lowest BCUT2D eigenvalue weighted by Gasteiger charge is -2.48. The van der Waals surface area contributed by atoms with Gasteiger partial charge in [0.15, 0.2) is 66.9 Å². The van der Waals surface area contributed by atoms with E-state index in [0.29, 0.717) is 0 Å². The van der Waals surface area contributed by atoms with Gasteiger partial charge in [-0.2, -0.15) is 0 Å². The van der Waals surface area contributed by atoms with Gasteiger partial charge in [-0.05, 0) is 54.0 Å². The first-order valence-electron chi connectivity index (χ1n) is 29.7. The van der Waals surface area contributed by atoms with Crippen molar-refractivity contribution in [3.8, 4) is 11.5 Å². The summed E-state index contributed by atoms with van der Waals surface area (Å²) in [4.78, 5) is 38.6. The molecule has 34 heteroatoms. The molecule has 10 N–H and O–H groups in total. The van der Waals surface area contributed by atoms with E-state index in [4.69, 9.17) is 113 Å². The Labute approximate surface area is 524 Å². The number of aliphatic hydroxyl groups is 8. The molecule has 10 heterocycles. The molecule has 1 unspecified atom stereocenters. The molecule has 10 fully saturated rings. The van der Waals surface area contributed by atoms with Crippen molar-refractivity contribution >= 4 is 41.4 Å². The molecule has 11 rings (SSSR count). The van der Waals surface area contributed by atoms with Crippen LogP contribution in [0, 0.1) is 12.8 Å². The van der Waals surface area contributed by atoms with Gasteiger partial charge in [0.05, 0.1) is 73.3 Å². The number of esters is 2. The van der Waals surface area contributed by atoms with Crippen LogP contribution in [0.15, 0.2) is 0 Å². The number of fused-ring (bicyclic) bond motifs is 4. The molecule has 1 aromatic carbocycles. The zero-order valence-electron chi connectivity index (χ0n) is 50.2. The van der Waals surface area contributed by atoms with Crippen molar-refractivity contribution in [2.45, 2.75) is 270 Å². The second-order valence-corrected chi connectivity index (χ2v) is 25.7. The number of benzene rings is 1. The van der Waals surface area contributed by atoms with Crippen LogP contribution >= 0.6 is 23.2 Å². The van der Waals surface area contributed by atoms with Crippen molar-refractivity contribution in [3.05, 3.63) is 21.2 Å². The second kappa shape index (κ2) is 25.9. The fourth-order valence-corrected chi connectivity index (χ4v) is 13.8. The SMILES string of the molecule is Cc1c(Cl)c(O)c(Cl)c(O)c1C(=O)O[C@H]1[C@H](O)C[C@H](O[C@H]2[C@H](O)CC3(O[C@@H]4[C@@H](C)O[C@@H](O[C@H]5[C@@H](O)[C@@H](C)O[C@@H](O[C@H]6[C@H](O)[C@H](O)[C@H](O[C@H]7OC[C@@H]8O[C@]9(O[C@H]8[C@H]7OC(=O)C(C)C)O[C@H](C)[C@@](O)(C=O)[C@@H]7OCO[C@H]79)O[C@@H]6CO)[C@@H]5O)C[C@@]4(C)O3)O[C@@H]2C)O[C@@H]1C. The summed E-state index contributed by atoms with van der Waals surface area (Å²) >= 11 is 12.1. The van der Waals surface area contributed by atoms with Crippen LogP contribution < -0.4 is 0 Å². The van der Waals surface area contributed by atoms with Crippen LogP contribution in [0.5, 0.6) is 11.5 Å². The van der Waals surface area contributed by atoms with E-state index < -0.39 is 235 Å². The maximum absolute atomic E-state index is 13.3. The van der Waals surface area contributed by atoms with E-state index in [1.165, 1.54) is 27.7 Å². The third-order valence-corrected chi connectivity index (χ3v) is 19.1. The lowest BCUT2D eigenvalue weighted by atomic mass is 9.85. The molecule has 1 aromatic rings. The summed E-state index contributed by atoms with van der Waals surface area (Å²) in [5.74, 6) is -7.90. The van der Waals surface area contributed by atoms with Crippen molar-refractivity contribution in [1.82, 2.24) is 0 Å². The van der Waals surface area contributed by atoms with Crippen molar-refractivity contribution in [2.75, 3.05) is 20.0 Å². The number of carbonyl (C=O) groups excluding carboxylic acids is 3. The third kappa shape index (κ3) is 12.2. The Kier molecular flexibility index (Phi) is 19.7. The van der Waals surface area contributed by atoms with Gasteiger partial charge in [-0.25, -0.2) is 4.79 Å². The van der Waals surface area contributed by atoms with Crippen LogP contribution in [-0.2, 0) is 99.6 Å². The molecule has 0 radical (unpaired) electrons. The Balaban J connectivity index is 0.700. The molecule has 10 aliphatic heterocycles. The van der Waals surface area contributed by atoms with Crippen LogP contribution in [0.4, 0.5) is 0 Å². The van der Waals surface area contributed by atoms with Crippen LogP contribution in [0.25, 0.3) is 0 Å². The van der Waals surface area contributed by atoms with E-state index in [2.05, 4.69) is 0 Å². The highest BCUT2D eigenvalue weighted by Crippen LogP contribution is 2.53. The highest BCUT2D eigenvalue weighted by Gasteiger charge is 2.72. The fraction of sp³-hybridized carbons (Fsp3) is 0.839. The van der Waals surface area contributed by atoms with Crippen LogP contribution in [-0.4, -0.2) is 278 Å². The van der Waals surface area contributed by atoms with Crippen molar-refractivity contribution in [3.63, 3.8) is 0 Å². The number of ether oxygens (including phenoxy) is 19. The van der Waals surface area contributed by atoms with Gasteiger partial charge >= 0.3 is 17.9 Å². The topological polar surface area (TPSA) is 429 Å². The van der Waals surface area contributed by atoms with E-state index >= 15 is 0 Å². The maximum atomic E-state index is 13.3. The quantitative estimate of drug-likeness (QED) is 0.0740. The van der Waals surface area contributed by atoms with E-state index in [1.54, 1.807) is 34.6 Å². The number of hydrogen-bond donors (Lipinski definition) is 10. The summed E-state index contributed by atoms with van der Waals surface area (Å²) in [7, 11) is 0. The lowest BCUT2D eigenvalue weighted by Crippen LogP contribution is -2.70. The van der Waals surface area contributed by atoms with E-state index in [9.17, 15) is 65.4 Å². The summed E-state index contributed by atoms with van der Waals surface area (Å²) in [5, 5.41) is 111. The Morgan fingerprint density at radius 3 is 2.02 bits per heavy atom. The number of aliphatic hydroxyl groups excluding tert-OH is 7. The number of halogens is 2. The molecule has 508 valence electrons. The summed E-state index contributed by atoms with van der Waals surface area (Å²) in [5.41, 5.74) is -3.86. The Bertz CT molecular complexity index is 2730. The number of hydrogen-bond acceptors (Lipinski definition) is 32. The van der Waals surface area contributed by atoms with Gasteiger partial charge < -0.3 is 141 Å². The molecule has 10 aliphatic rings. The van der Waals surface area contributed by atoms with Crippen LogP contribution in [0.2, 0.25) is 10.0 Å². The Morgan fingerprint density at radius 1 is 0.656 bits per heavy atom. The molecule has 0 bridgehead atoms. The molecule has 32 nitrogen and oxygen atoms in total. The average Bonchev–Trinajstić information content (AvgIpc) is 1.55. The van der Waals surface area contributed by atoms with Crippen molar-refractivity contribution in [2.24, 2.45) is 5.92 Å². The number of phenolic OH excluding ortho intramolecular Hbond substituents is 2. The monoisotopic (exact) mass is 1330 g/mol. The van der Waals surface area contributed by atoms with Gasteiger partial charge in [0.2, 0.25) is 6.29 Å².